The number of hydrogen-bond acceptors (Lipinski definition) is 4. The van der Waals surface area contributed by atoms with Gasteiger partial charge in [-0.15, -0.1) is 0 Å². The molecule has 7 heteroatoms. The Kier molecular flexibility index (Phi) is 4.43. The third-order valence-electron chi connectivity index (χ3n) is 3.52. The van der Waals surface area contributed by atoms with Crippen molar-refractivity contribution in [2.24, 2.45) is 0 Å². The minimum absolute atomic E-state index is 0.202. The molecule has 0 aromatic carbocycles. The van der Waals surface area contributed by atoms with E-state index in [1.165, 1.54) is 10.5 Å². The molecule has 2 aromatic rings. The zero-order valence-corrected chi connectivity index (χ0v) is 13.3. The van der Waals surface area contributed by atoms with E-state index in [2.05, 4.69) is 26.2 Å². The van der Waals surface area contributed by atoms with Crippen molar-refractivity contribution >= 4 is 27.5 Å². The van der Waals surface area contributed by atoms with Crippen molar-refractivity contribution < 1.29 is 9.90 Å². The van der Waals surface area contributed by atoms with Gasteiger partial charge in [-0.1, -0.05) is 6.92 Å². The van der Waals surface area contributed by atoms with Gasteiger partial charge in [0, 0.05) is 23.3 Å². The zero-order chi connectivity index (χ0) is 15.6. The maximum atomic E-state index is 12.0. The van der Waals surface area contributed by atoms with Gasteiger partial charge in [0.15, 0.2) is 0 Å². The number of fused-ring (bicyclic) bond motifs is 1. The van der Waals surface area contributed by atoms with Gasteiger partial charge in [0.05, 0.1) is 5.69 Å². The predicted molar refractivity (Wildman–Crippen MR) is 82.3 cm³/mol. The standard InChI is InChI=1S/C14H16BrN3O3/c1-3-14(2,13(20)21)16-7-10-6-12(19)18-8-9(15)4-5-11(18)17-10/h4-6,8,16H,3,7H2,1-2H3,(H,20,21). The van der Waals surface area contributed by atoms with Crippen LogP contribution in [-0.2, 0) is 11.3 Å². The summed E-state index contributed by atoms with van der Waals surface area (Å²) in [6.07, 6.45) is 2.08. The maximum absolute atomic E-state index is 12.0. The van der Waals surface area contributed by atoms with E-state index in [1.54, 1.807) is 32.2 Å². The van der Waals surface area contributed by atoms with Crippen LogP contribution in [0.15, 0.2) is 33.7 Å². The Labute approximate surface area is 130 Å². The van der Waals surface area contributed by atoms with Crippen LogP contribution in [0.4, 0.5) is 0 Å². The third kappa shape index (κ3) is 3.30. The van der Waals surface area contributed by atoms with Crippen molar-refractivity contribution in [1.29, 1.82) is 0 Å². The van der Waals surface area contributed by atoms with Crippen LogP contribution >= 0.6 is 15.9 Å². The first kappa shape index (κ1) is 15.7. The van der Waals surface area contributed by atoms with Gasteiger partial charge in [0.1, 0.15) is 11.2 Å². The van der Waals surface area contributed by atoms with Crippen molar-refractivity contribution in [3.05, 3.63) is 44.9 Å². The number of hydrogen-bond donors (Lipinski definition) is 2. The second-order valence-electron chi connectivity index (χ2n) is 5.01. The molecule has 0 spiro atoms. The summed E-state index contributed by atoms with van der Waals surface area (Å²) in [6, 6.07) is 4.93. The van der Waals surface area contributed by atoms with E-state index in [0.717, 1.165) is 4.47 Å². The van der Waals surface area contributed by atoms with E-state index in [1.807, 2.05) is 0 Å². The minimum atomic E-state index is -1.04. The van der Waals surface area contributed by atoms with Gasteiger partial charge >= 0.3 is 5.97 Å². The summed E-state index contributed by atoms with van der Waals surface area (Å²) in [4.78, 5) is 27.6. The van der Waals surface area contributed by atoms with E-state index >= 15 is 0 Å². The Bertz CT molecular complexity index is 744. The van der Waals surface area contributed by atoms with Gasteiger partial charge in [-0.25, -0.2) is 4.98 Å². The largest absolute Gasteiger partial charge is 0.480 e. The van der Waals surface area contributed by atoms with Gasteiger partial charge in [-0.05, 0) is 41.4 Å². The second kappa shape index (κ2) is 5.95. The zero-order valence-electron chi connectivity index (χ0n) is 11.8. The van der Waals surface area contributed by atoms with Gasteiger partial charge in [-0.2, -0.15) is 0 Å². The summed E-state index contributed by atoms with van der Waals surface area (Å²) in [6.45, 7) is 3.63. The first-order valence-electron chi connectivity index (χ1n) is 6.52. The smallest absolute Gasteiger partial charge is 0.323 e. The lowest BCUT2D eigenvalue weighted by atomic mass is 9.99. The molecule has 6 nitrogen and oxygen atoms in total. The summed E-state index contributed by atoms with van der Waals surface area (Å²) in [5.74, 6) is -0.925. The number of nitrogens with one attached hydrogen (secondary N) is 1. The lowest BCUT2D eigenvalue weighted by Crippen LogP contribution is -2.48. The summed E-state index contributed by atoms with van der Waals surface area (Å²) in [5, 5.41) is 12.2. The van der Waals surface area contributed by atoms with Crippen molar-refractivity contribution in [3.8, 4) is 0 Å². The molecule has 2 N–H and O–H groups in total. The first-order chi connectivity index (χ1) is 9.85. The molecule has 21 heavy (non-hydrogen) atoms. The number of carboxylic acids is 1. The highest BCUT2D eigenvalue weighted by atomic mass is 79.9. The number of nitrogens with zero attached hydrogens (tertiary/aromatic N) is 2. The average Bonchev–Trinajstić information content (AvgIpc) is 2.45. The molecule has 0 saturated heterocycles. The van der Waals surface area contributed by atoms with Gasteiger partial charge in [0.25, 0.3) is 5.56 Å². The number of rotatable bonds is 5. The quantitative estimate of drug-likeness (QED) is 0.856. The Morgan fingerprint density at radius 3 is 2.86 bits per heavy atom. The summed E-state index contributed by atoms with van der Waals surface area (Å²) < 4.78 is 2.22. The summed E-state index contributed by atoms with van der Waals surface area (Å²) in [7, 11) is 0. The topological polar surface area (TPSA) is 83.7 Å². The van der Waals surface area contributed by atoms with Crippen LogP contribution in [0, 0.1) is 0 Å². The van der Waals surface area contributed by atoms with Gasteiger partial charge < -0.3 is 5.11 Å². The van der Waals surface area contributed by atoms with Crippen LogP contribution in [0.2, 0.25) is 0 Å². The van der Waals surface area contributed by atoms with Crippen molar-refractivity contribution in [1.82, 2.24) is 14.7 Å². The lowest BCUT2D eigenvalue weighted by Gasteiger charge is -2.24. The Morgan fingerprint density at radius 1 is 1.52 bits per heavy atom. The van der Waals surface area contributed by atoms with Gasteiger partial charge in [0.2, 0.25) is 0 Å². The highest BCUT2D eigenvalue weighted by Gasteiger charge is 2.30. The van der Waals surface area contributed by atoms with Crippen LogP contribution in [0.1, 0.15) is 26.0 Å². The fourth-order valence-electron chi connectivity index (χ4n) is 1.85. The molecule has 1 atom stereocenters. The SMILES string of the molecule is CCC(C)(NCc1cc(=O)n2cc(Br)ccc2n1)C(=O)O. The molecule has 0 aliphatic heterocycles. The van der Waals surface area contributed by atoms with Crippen molar-refractivity contribution in [2.45, 2.75) is 32.4 Å². The highest BCUT2D eigenvalue weighted by Crippen LogP contribution is 2.12. The molecule has 2 rings (SSSR count). The Balaban J connectivity index is 2.30. The predicted octanol–water partition coefficient (Wildman–Crippen LogP) is 1.80. The van der Waals surface area contributed by atoms with Crippen LogP contribution in [0.5, 0.6) is 0 Å². The third-order valence-corrected chi connectivity index (χ3v) is 3.98. The molecule has 0 bridgehead atoms. The summed E-state index contributed by atoms with van der Waals surface area (Å²) in [5.41, 5.74) is -0.196. The maximum Gasteiger partial charge on any atom is 0.323 e. The van der Waals surface area contributed by atoms with Crippen molar-refractivity contribution in [2.75, 3.05) is 0 Å². The normalized spacial score (nSPS) is 14.0. The molecule has 2 aromatic heterocycles. The lowest BCUT2D eigenvalue weighted by molar-refractivity contribution is -0.144. The molecule has 0 radical (unpaired) electrons. The molecule has 0 amide bonds. The first-order valence-corrected chi connectivity index (χ1v) is 7.31. The molecule has 0 saturated carbocycles. The summed E-state index contributed by atoms with van der Waals surface area (Å²) >= 11 is 3.30. The molecular formula is C14H16BrN3O3. The van der Waals surface area contributed by atoms with E-state index in [0.29, 0.717) is 17.8 Å². The number of aromatic nitrogens is 2. The molecule has 112 valence electrons. The number of pyridine rings is 1. The van der Waals surface area contributed by atoms with Crippen LogP contribution in [0.25, 0.3) is 5.65 Å². The van der Waals surface area contributed by atoms with Gasteiger partial charge in [-0.3, -0.25) is 19.3 Å². The Hall–Kier alpha value is -1.73. The molecular weight excluding hydrogens is 338 g/mol. The monoisotopic (exact) mass is 353 g/mol. The number of aliphatic carboxylic acids is 1. The molecule has 0 fully saturated rings. The minimum Gasteiger partial charge on any atom is -0.480 e. The van der Waals surface area contributed by atoms with E-state index in [-0.39, 0.29) is 12.1 Å². The van der Waals surface area contributed by atoms with Crippen LogP contribution in [-0.4, -0.2) is 26.0 Å². The fourth-order valence-corrected chi connectivity index (χ4v) is 2.19. The number of carboxylic acid groups (broad SMARTS) is 1. The Morgan fingerprint density at radius 2 is 2.24 bits per heavy atom. The van der Waals surface area contributed by atoms with Crippen LogP contribution in [0.3, 0.4) is 0 Å². The van der Waals surface area contributed by atoms with Crippen molar-refractivity contribution in [3.63, 3.8) is 0 Å². The number of carbonyl (C=O) groups is 1. The fraction of sp³-hybridized carbons (Fsp3) is 0.357. The molecule has 0 aliphatic rings. The average molecular weight is 354 g/mol. The van der Waals surface area contributed by atoms with E-state index in [9.17, 15) is 14.7 Å². The second-order valence-corrected chi connectivity index (χ2v) is 5.92. The van der Waals surface area contributed by atoms with Crippen LogP contribution < -0.4 is 10.9 Å². The highest BCUT2D eigenvalue weighted by molar-refractivity contribution is 9.10. The molecule has 0 aliphatic carbocycles. The van der Waals surface area contributed by atoms with E-state index < -0.39 is 11.5 Å². The number of halogens is 1. The molecule has 2 heterocycles. The molecule has 1 unspecified atom stereocenters. The van der Waals surface area contributed by atoms with E-state index in [4.69, 9.17) is 0 Å².